The van der Waals surface area contributed by atoms with Gasteiger partial charge in [-0.2, -0.15) is 0 Å². The Hall–Kier alpha value is -3.19. The van der Waals surface area contributed by atoms with Crippen LogP contribution in [0.5, 0.6) is 0 Å². The number of rotatable bonds is 7. The Labute approximate surface area is 191 Å². The van der Waals surface area contributed by atoms with Gasteiger partial charge in [-0.3, -0.25) is 9.59 Å². The number of carbonyl (C=O) groups is 2. The fourth-order valence-electron chi connectivity index (χ4n) is 3.72. The van der Waals surface area contributed by atoms with E-state index < -0.39 is 0 Å². The highest BCUT2D eigenvalue weighted by Crippen LogP contribution is 2.30. The van der Waals surface area contributed by atoms with Crippen LogP contribution in [0.2, 0.25) is 5.02 Å². The van der Waals surface area contributed by atoms with Gasteiger partial charge in [-0.25, -0.2) is 4.68 Å². The number of benzene rings is 2. The summed E-state index contributed by atoms with van der Waals surface area (Å²) in [6, 6.07) is 15.3. The molecule has 5 rings (SSSR count). The summed E-state index contributed by atoms with van der Waals surface area (Å²) < 4.78 is 1.64. The number of hydrogen-bond donors (Lipinski definition) is 1. The highest BCUT2D eigenvalue weighted by Gasteiger charge is 2.35. The van der Waals surface area contributed by atoms with E-state index in [1.54, 1.807) is 16.8 Å². The number of aromatic nitrogens is 3. The van der Waals surface area contributed by atoms with Crippen LogP contribution in [0.25, 0.3) is 5.69 Å². The van der Waals surface area contributed by atoms with Gasteiger partial charge in [0.15, 0.2) is 5.69 Å². The van der Waals surface area contributed by atoms with Crippen molar-refractivity contribution in [3.8, 4) is 5.69 Å². The second-order valence-electron chi connectivity index (χ2n) is 8.52. The minimum atomic E-state index is -0.131. The van der Waals surface area contributed by atoms with Crippen LogP contribution in [0.4, 0.5) is 0 Å². The molecule has 1 heterocycles. The molecule has 0 spiro atoms. The molecular formula is C24H24ClN5O2. The smallest absolute Gasteiger partial charge is 0.276 e. The first-order valence-corrected chi connectivity index (χ1v) is 11.3. The van der Waals surface area contributed by atoms with E-state index in [1.807, 2.05) is 48.2 Å². The Morgan fingerprint density at radius 1 is 1.12 bits per heavy atom. The van der Waals surface area contributed by atoms with Crippen molar-refractivity contribution < 1.29 is 9.59 Å². The van der Waals surface area contributed by atoms with E-state index in [-0.39, 0.29) is 17.9 Å². The van der Waals surface area contributed by atoms with E-state index in [0.29, 0.717) is 34.6 Å². The van der Waals surface area contributed by atoms with E-state index in [2.05, 4.69) is 15.6 Å². The molecule has 164 valence electrons. The van der Waals surface area contributed by atoms with Crippen molar-refractivity contribution in [2.45, 2.75) is 51.2 Å². The van der Waals surface area contributed by atoms with E-state index >= 15 is 0 Å². The average molecular weight is 450 g/mol. The predicted octanol–water partition coefficient (Wildman–Crippen LogP) is 3.93. The van der Waals surface area contributed by atoms with Gasteiger partial charge in [0.05, 0.1) is 11.4 Å². The van der Waals surface area contributed by atoms with Crippen LogP contribution in [0.1, 0.15) is 57.8 Å². The van der Waals surface area contributed by atoms with Crippen LogP contribution in [0.3, 0.4) is 0 Å². The zero-order chi connectivity index (χ0) is 22.2. The molecule has 0 bridgehead atoms. The number of carbonyl (C=O) groups excluding carboxylic acids is 2. The van der Waals surface area contributed by atoms with Crippen molar-refractivity contribution in [3.63, 3.8) is 0 Å². The second-order valence-corrected chi connectivity index (χ2v) is 8.96. The van der Waals surface area contributed by atoms with E-state index in [0.717, 1.165) is 36.9 Å². The number of amides is 2. The number of halogens is 1. The van der Waals surface area contributed by atoms with Gasteiger partial charge in [-0.1, -0.05) is 35.0 Å². The fourth-order valence-corrected chi connectivity index (χ4v) is 3.91. The largest absolute Gasteiger partial charge is 0.349 e. The summed E-state index contributed by atoms with van der Waals surface area (Å²) in [5.74, 6) is -0.170. The van der Waals surface area contributed by atoms with Crippen molar-refractivity contribution in [1.29, 1.82) is 0 Å². The summed E-state index contributed by atoms with van der Waals surface area (Å²) in [7, 11) is 0. The normalized spacial score (nSPS) is 15.4. The van der Waals surface area contributed by atoms with E-state index in [1.165, 1.54) is 0 Å². The number of hydrogen-bond acceptors (Lipinski definition) is 4. The van der Waals surface area contributed by atoms with Gasteiger partial charge in [-0.05, 0) is 68.5 Å². The molecule has 0 atom stereocenters. The molecule has 0 saturated heterocycles. The zero-order valence-corrected chi connectivity index (χ0v) is 18.5. The van der Waals surface area contributed by atoms with Gasteiger partial charge in [0.2, 0.25) is 0 Å². The third-order valence-electron chi connectivity index (χ3n) is 5.88. The molecule has 2 amide bonds. The Kier molecular flexibility index (Phi) is 5.43. The van der Waals surface area contributed by atoms with Crippen LogP contribution in [-0.4, -0.2) is 43.8 Å². The van der Waals surface area contributed by atoms with Crippen molar-refractivity contribution in [2.24, 2.45) is 0 Å². The Morgan fingerprint density at radius 3 is 2.53 bits per heavy atom. The van der Waals surface area contributed by atoms with Gasteiger partial charge >= 0.3 is 0 Å². The molecule has 2 fully saturated rings. The zero-order valence-electron chi connectivity index (χ0n) is 17.8. The lowest BCUT2D eigenvalue weighted by atomic mass is 10.1. The molecule has 3 aromatic rings. The molecule has 8 heteroatoms. The lowest BCUT2D eigenvalue weighted by Crippen LogP contribution is -2.33. The first-order valence-electron chi connectivity index (χ1n) is 10.9. The van der Waals surface area contributed by atoms with Crippen molar-refractivity contribution in [1.82, 2.24) is 25.2 Å². The van der Waals surface area contributed by atoms with Gasteiger partial charge in [-0.15, -0.1) is 5.10 Å². The quantitative estimate of drug-likeness (QED) is 0.592. The van der Waals surface area contributed by atoms with Crippen molar-refractivity contribution in [2.75, 3.05) is 0 Å². The maximum Gasteiger partial charge on any atom is 0.276 e. The minimum Gasteiger partial charge on any atom is -0.349 e. The molecular weight excluding hydrogens is 426 g/mol. The Bertz CT molecular complexity index is 1170. The third-order valence-corrected chi connectivity index (χ3v) is 6.12. The number of nitrogens with zero attached hydrogens (tertiary/aromatic N) is 4. The van der Waals surface area contributed by atoms with Crippen molar-refractivity contribution in [3.05, 3.63) is 76.1 Å². The van der Waals surface area contributed by atoms with Gasteiger partial charge in [0.25, 0.3) is 11.8 Å². The summed E-state index contributed by atoms with van der Waals surface area (Å²) in [5, 5.41) is 12.0. The molecule has 32 heavy (non-hydrogen) atoms. The van der Waals surface area contributed by atoms with Gasteiger partial charge in [0.1, 0.15) is 0 Å². The summed E-state index contributed by atoms with van der Waals surface area (Å²) >= 11 is 6.10. The first kappa shape index (κ1) is 20.7. The Balaban J connectivity index is 1.33. The van der Waals surface area contributed by atoms with Crippen LogP contribution >= 0.6 is 11.6 Å². The van der Waals surface area contributed by atoms with Crippen molar-refractivity contribution >= 4 is 23.4 Å². The molecule has 2 aliphatic carbocycles. The molecule has 2 saturated carbocycles. The highest BCUT2D eigenvalue weighted by atomic mass is 35.5. The molecule has 7 nitrogen and oxygen atoms in total. The maximum atomic E-state index is 13.4. The fraction of sp³-hybridized carbons (Fsp3) is 0.333. The summed E-state index contributed by atoms with van der Waals surface area (Å²) in [4.78, 5) is 27.5. The molecule has 1 aromatic heterocycles. The second kappa shape index (κ2) is 8.39. The average Bonchev–Trinajstić information content (AvgIpc) is 3.72. The topological polar surface area (TPSA) is 80.1 Å². The number of nitrogens with one attached hydrogen (secondary N) is 1. The van der Waals surface area contributed by atoms with Crippen LogP contribution in [0, 0.1) is 6.92 Å². The van der Waals surface area contributed by atoms with Crippen LogP contribution in [0.15, 0.2) is 48.5 Å². The Morgan fingerprint density at radius 2 is 1.88 bits per heavy atom. The molecule has 2 aliphatic rings. The summed E-state index contributed by atoms with van der Waals surface area (Å²) in [5.41, 5.74) is 3.41. The highest BCUT2D eigenvalue weighted by molar-refractivity contribution is 6.30. The van der Waals surface area contributed by atoms with Gasteiger partial charge < -0.3 is 10.2 Å². The summed E-state index contributed by atoms with van der Waals surface area (Å²) in [6.07, 6.45) is 4.08. The summed E-state index contributed by atoms with van der Waals surface area (Å²) in [6.45, 7) is 2.31. The molecule has 0 unspecified atom stereocenters. The minimum absolute atomic E-state index is 0.0394. The maximum absolute atomic E-state index is 13.4. The SMILES string of the molecule is Cc1c(C(=O)N(Cc2ccc(C(=O)NC3CC3)cc2)C2CC2)nnn1-c1cccc(Cl)c1. The monoisotopic (exact) mass is 449 g/mol. The van der Waals surface area contributed by atoms with Crippen LogP contribution < -0.4 is 5.32 Å². The third kappa shape index (κ3) is 4.39. The van der Waals surface area contributed by atoms with Gasteiger partial charge in [0, 0.05) is 29.2 Å². The lowest BCUT2D eigenvalue weighted by Gasteiger charge is -2.22. The van der Waals surface area contributed by atoms with E-state index in [9.17, 15) is 9.59 Å². The predicted molar refractivity (Wildman–Crippen MR) is 121 cm³/mol. The molecule has 0 aliphatic heterocycles. The standard InChI is InChI=1S/C24H24ClN5O2/c1-15-22(27-28-30(15)21-4-2-3-18(25)13-21)24(32)29(20-11-12-20)14-16-5-7-17(8-6-16)23(31)26-19-9-10-19/h2-8,13,19-20H,9-12,14H2,1H3,(H,26,31). The molecule has 2 aromatic carbocycles. The lowest BCUT2D eigenvalue weighted by molar-refractivity contribution is 0.0722. The van der Waals surface area contributed by atoms with E-state index in [4.69, 9.17) is 11.6 Å². The van der Waals surface area contributed by atoms with Crippen LogP contribution in [-0.2, 0) is 6.54 Å². The molecule has 1 N–H and O–H groups in total. The first-order chi connectivity index (χ1) is 15.5. The molecule has 0 radical (unpaired) electrons.